The van der Waals surface area contributed by atoms with Crippen molar-refractivity contribution in [2.24, 2.45) is 7.05 Å². The molecule has 7 nitrogen and oxygen atoms in total. The van der Waals surface area contributed by atoms with Crippen molar-refractivity contribution in [2.45, 2.75) is 31.9 Å². The van der Waals surface area contributed by atoms with Crippen molar-refractivity contribution < 1.29 is 19.4 Å². The Morgan fingerprint density at radius 2 is 2.25 bits per heavy atom. The lowest BCUT2D eigenvalue weighted by atomic mass is 10.0. The molecule has 2 aliphatic heterocycles. The maximum atomic E-state index is 12.3. The number of carbonyl (C=O) groups excluding carboxylic acids is 1. The third kappa shape index (κ3) is 2.07. The molecule has 1 saturated heterocycles. The van der Waals surface area contributed by atoms with Crippen LogP contribution in [0.3, 0.4) is 0 Å². The maximum absolute atomic E-state index is 12.3. The summed E-state index contributed by atoms with van der Waals surface area (Å²) in [6.07, 6.45) is 1.93. The minimum absolute atomic E-state index is 0.0339. The average molecular weight is 279 g/mol. The lowest BCUT2D eigenvalue weighted by molar-refractivity contribution is -0.141. The SMILES string of the molecule is Cn1nc(C(=O)O)c2c1CCN(C(=O)C1CCCO1)C2. The van der Waals surface area contributed by atoms with E-state index in [1.54, 1.807) is 16.6 Å². The zero-order chi connectivity index (χ0) is 14.3. The van der Waals surface area contributed by atoms with Crippen molar-refractivity contribution in [3.63, 3.8) is 0 Å². The van der Waals surface area contributed by atoms with Gasteiger partial charge in [-0.15, -0.1) is 0 Å². The number of aryl methyl sites for hydroxylation is 1. The van der Waals surface area contributed by atoms with Crippen molar-refractivity contribution in [1.29, 1.82) is 0 Å². The van der Waals surface area contributed by atoms with Gasteiger partial charge in [-0.2, -0.15) is 5.10 Å². The van der Waals surface area contributed by atoms with Crippen LogP contribution in [0.15, 0.2) is 0 Å². The van der Waals surface area contributed by atoms with Crippen LogP contribution in [0.4, 0.5) is 0 Å². The van der Waals surface area contributed by atoms with Crippen LogP contribution in [-0.4, -0.2) is 50.9 Å². The zero-order valence-corrected chi connectivity index (χ0v) is 11.3. The number of amides is 1. The van der Waals surface area contributed by atoms with Crippen LogP contribution in [0.1, 0.15) is 34.6 Å². The molecule has 0 bridgehead atoms. The van der Waals surface area contributed by atoms with Crippen LogP contribution in [0, 0.1) is 0 Å². The van der Waals surface area contributed by atoms with Gasteiger partial charge in [-0.1, -0.05) is 0 Å². The van der Waals surface area contributed by atoms with Gasteiger partial charge in [0.2, 0.25) is 0 Å². The standard InChI is InChI=1S/C13H17N3O4/c1-15-9-4-5-16(12(17)10-3-2-6-20-10)7-8(9)11(14-15)13(18)19/h10H,2-7H2,1H3,(H,18,19). The van der Waals surface area contributed by atoms with Gasteiger partial charge in [0.15, 0.2) is 5.69 Å². The van der Waals surface area contributed by atoms with Crippen molar-refractivity contribution in [2.75, 3.05) is 13.2 Å². The highest BCUT2D eigenvalue weighted by Crippen LogP contribution is 2.24. The number of carboxylic acids is 1. The Morgan fingerprint density at radius 1 is 1.45 bits per heavy atom. The van der Waals surface area contributed by atoms with E-state index < -0.39 is 5.97 Å². The van der Waals surface area contributed by atoms with Crippen LogP contribution in [0.2, 0.25) is 0 Å². The number of nitrogens with zero attached hydrogens (tertiary/aromatic N) is 3. The summed E-state index contributed by atoms with van der Waals surface area (Å²) in [5.74, 6) is -1.08. The first-order valence-corrected chi connectivity index (χ1v) is 6.76. The molecule has 1 atom stereocenters. The molecule has 0 radical (unpaired) electrons. The first-order chi connectivity index (χ1) is 9.58. The van der Waals surface area contributed by atoms with Gasteiger partial charge in [-0.3, -0.25) is 9.48 Å². The van der Waals surface area contributed by atoms with Gasteiger partial charge in [-0.25, -0.2) is 4.79 Å². The molecule has 1 N–H and O–H groups in total. The van der Waals surface area contributed by atoms with Crippen molar-refractivity contribution in [3.8, 4) is 0 Å². The predicted octanol–water partition coefficient (Wildman–Crippen LogP) is 0.182. The first kappa shape index (κ1) is 13.1. The summed E-state index contributed by atoms with van der Waals surface area (Å²) < 4.78 is 7.01. The summed E-state index contributed by atoms with van der Waals surface area (Å²) in [6, 6.07) is 0. The Labute approximate surface area is 116 Å². The number of hydrogen-bond donors (Lipinski definition) is 1. The molecule has 3 heterocycles. The Morgan fingerprint density at radius 3 is 2.90 bits per heavy atom. The minimum Gasteiger partial charge on any atom is -0.476 e. The van der Waals surface area contributed by atoms with E-state index in [0.717, 1.165) is 18.5 Å². The van der Waals surface area contributed by atoms with Gasteiger partial charge < -0.3 is 14.7 Å². The zero-order valence-electron chi connectivity index (χ0n) is 11.3. The number of ether oxygens (including phenoxy) is 1. The highest BCUT2D eigenvalue weighted by Gasteiger charge is 2.33. The second-order valence-electron chi connectivity index (χ2n) is 5.21. The van der Waals surface area contributed by atoms with Gasteiger partial charge in [-0.05, 0) is 12.8 Å². The van der Waals surface area contributed by atoms with Crippen molar-refractivity contribution in [3.05, 3.63) is 17.0 Å². The second kappa shape index (κ2) is 4.90. The number of rotatable bonds is 2. The number of carbonyl (C=O) groups is 2. The Kier molecular flexibility index (Phi) is 3.21. The summed E-state index contributed by atoms with van der Waals surface area (Å²) in [4.78, 5) is 25.2. The van der Waals surface area contributed by atoms with Crippen LogP contribution >= 0.6 is 0 Å². The Hall–Kier alpha value is -1.89. The molecule has 2 aliphatic rings. The lowest BCUT2D eigenvalue weighted by Crippen LogP contribution is -2.42. The molecule has 20 heavy (non-hydrogen) atoms. The van der Waals surface area contributed by atoms with E-state index >= 15 is 0 Å². The number of fused-ring (bicyclic) bond motifs is 1. The summed E-state index contributed by atoms with van der Waals surface area (Å²) >= 11 is 0. The van der Waals surface area contributed by atoms with Crippen molar-refractivity contribution >= 4 is 11.9 Å². The quantitative estimate of drug-likeness (QED) is 0.835. The Bertz CT molecular complexity index is 560. The molecule has 1 unspecified atom stereocenters. The first-order valence-electron chi connectivity index (χ1n) is 6.76. The molecular weight excluding hydrogens is 262 g/mol. The minimum atomic E-state index is -1.05. The van der Waals surface area contributed by atoms with Crippen LogP contribution in [-0.2, 0) is 29.5 Å². The fourth-order valence-corrected chi connectivity index (χ4v) is 2.93. The largest absolute Gasteiger partial charge is 0.476 e. The van der Waals surface area contributed by atoms with E-state index in [2.05, 4.69) is 5.10 Å². The maximum Gasteiger partial charge on any atom is 0.356 e. The van der Waals surface area contributed by atoms with E-state index in [0.29, 0.717) is 31.7 Å². The van der Waals surface area contributed by atoms with Gasteiger partial charge in [0.25, 0.3) is 5.91 Å². The van der Waals surface area contributed by atoms with E-state index in [1.807, 2.05) is 0 Å². The number of carboxylic acid groups (broad SMARTS) is 1. The van der Waals surface area contributed by atoms with Gasteiger partial charge in [0.1, 0.15) is 6.10 Å². The molecule has 0 aliphatic carbocycles. The highest BCUT2D eigenvalue weighted by atomic mass is 16.5. The smallest absolute Gasteiger partial charge is 0.356 e. The second-order valence-corrected chi connectivity index (χ2v) is 5.21. The predicted molar refractivity (Wildman–Crippen MR) is 68.3 cm³/mol. The fraction of sp³-hybridized carbons (Fsp3) is 0.615. The molecule has 3 rings (SSSR count). The van der Waals surface area contributed by atoms with Crippen LogP contribution in [0.25, 0.3) is 0 Å². The topological polar surface area (TPSA) is 84.7 Å². The molecule has 1 amide bonds. The average Bonchev–Trinajstić information content (AvgIpc) is 3.06. The third-order valence-corrected chi connectivity index (χ3v) is 3.96. The molecular formula is C13H17N3O4. The van der Waals surface area contributed by atoms with Crippen molar-refractivity contribution in [1.82, 2.24) is 14.7 Å². The van der Waals surface area contributed by atoms with Crippen LogP contribution < -0.4 is 0 Å². The van der Waals surface area contributed by atoms with E-state index in [-0.39, 0.29) is 17.7 Å². The third-order valence-electron chi connectivity index (χ3n) is 3.96. The molecule has 1 aromatic heterocycles. The van der Waals surface area contributed by atoms with E-state index in [9.17, 15) is 14.7 Å². The molecule has 1 aromatic rings. The lowest BCUT2D eigenvalue weighted by Gasteiger charge is -2.29. The summed E-state index contributed by atoms with van der Waals surface area (Å²) in [6.45, 7) is 1.52. The molecule has 108 valence electrons. The summed E-state index contributed by atoms with van der Waals surface area (Å²) in [7, 11) is 1.74. The summed E-state index contributed by atoms with van der Waals surface area (Å²) in [5.41, 5.74) is 1.60. The molecule has 0 aromatic carbocycles. The summed E-state index contributed by atoms with van der Waals surface area (Å²) in [5, 5.41) is 13.2. The van der Waals surface area contributed by atoms with Gasteiger partial charge in [0, 0.05) is 44.4 Å². The monoisotopic (exact) mass is 279 g/mol. The van der Waals surface area contributed by atoms with Crippen LogP contribution in [0.5, 0.6) is 0 Å². The van der Waals surface area contributed by atoms with E-state index in [4.69, 9.17) is 4.74 Å². The van der Waals surface area contributed by atoms with E-state index in [1.165, 1.54) is 0 Å². The highest BCUT2D eigenvalue weighted by molar-refractivity contribution is 5.88. The fourth-order valence-electron chi connectivity index (χ4n) is 2.93. The number of hydrogen-bond acceptors (Lipinski definition) is 4. The number of aromatic nitrogens is 2. The normalized spacial score (nSPS) is 21.9. The molecule has 7 heteroatoms. The Balaban J connectivity index is 1.83. The van der Waals surface area contributed by atoms with Gasteiger partial charge >= 0.3 is 5.97 Å². The number of aromatic carboxylic acids is 1. The van der Waals surface area contributed by atoms with Gasteiger partial charge in [0.05, 0.1) is 0 Å². The molecule has 0 saturated carbocycles. The molecule has 1 fully saturated rings. The molecule has 0 spiro atoms.